The summed E-state index contributed by atoms with van der Waals surface area (Å²) < 4.78 is 13.3. The molecule has 136 valence electrons. The number of fused-ring (bicyclic) bond motifs is 3. The summed E-state index contributed by atoms with van der Waals surface area (Å²) in [6, 6.07) is 12.5. The molecule has 3 aromatic rings. The standard InChI is InChI=1S/C21H17FN2O3/c1-11-17(20(25)12-6-8-13(22)9-7-12)18-14-4-2-3-5-16(14)24-19(18)15(10-23-11)21(26)27/h2-11,17,23-24H,1H3,(H,26,27). The topological polar surface area (TPSA) is 82.2 Å². The van der Waals surface area contributed by atoms with Crippen LogP contribution < -0.4 is 5.32 Å². The molecule has 6 heteroatoms. The summed E-state index contributed by atoms with van der Waals surface area (Å²) >= 11 is 0. The molecule has 3 N–H and O–H groups in total. The number of carbonyl (C=O) groups is 2. The van der Waals surface area contributed by atoms with Crippen LogP contribution in [0.3, 0.4) is 0 Å². The molecule has 1 aliphatic heterocycles. The fourth-order valence-corrected chi connectivity index (χ4v) is 3.65. The number of hydrogen-bond donors (Lipinski definition) is 3. The second-order valence-corrected chi connectivity index (χ2v) is 6.63. The van der Waals surface area contributed by atoms with Crippen molar-refractivity contribution in [2.75, 3.05) is 0 Å². The van der Waals surface area contributed by atoms with Crippen LogP contribution in [-0.2, 0) is 4.79 Å². The van der Waals surface area contributed by atoms with Gasteiger partial charge < -0.3 is 15.4 Å². The third kappa shape index (κ3) is 2.79. The van der Waals surface area contributed by atoms with Gasteiger partial charge in [-0.2, -0.15) is 0 Å². The Labute approximate surface area is 154 Å². The minimum atomic E-state index is -1.09. The molecule has 0 amide bonds. The van der Waals surface area contributed by atoms with Gasteiger partial charge in [0.1, 0.15) is 5.82 Å². The summed E-state index contributed by atoms with van der Waals surface area (Å²) in [5.74, 6) is -2.32. The van der Waals surface area contributed by atoms with Gasteiger partial charge >= 0.3 is 5.97 Å². The molecule has 0 aliphatic carbocycles. The summed E-state index contributed by atoms with van der Waals surface area (Å²) in [4.78, 5) is 28.2. The molecule has 0 saturated heterocycles. The van der Waals surface area contributed by atoms with Crippen LogP contribution >= 0.6 is 0 Å². The van der Waals surface area contributed by atoms with Crippen molar-refractivity contribution in [1.29, 1.82) is 0 Å². The Morgan fingerprint density at radius 1 is 1.07 bits per heavy atom. The number of halogens is 1. The summed E-state index contributed by atoms with van der Waals surface area (Å²) in [5, 5.41) is 13.5. The summed E-state index contributed by atoms with van der Waals surface area (Å²) in [7, 11) is 0. The van der Waals surface area contributed by atoms with Crippen LogP contribution in [0, 0.1) is 5.82 Å². The van der Waals surface area contributed by atoms with E-state index >= 15 is 0 Å². The van der Waals surface area contributed by atoms with E-state index in [9.17, 15) is 19.1 Å². The van der Waals surface area contributed by atoms with Gasteiger partial charge in [-0.1, -0.05) is 18.2 Å². The molecule has 2 heterocycles. The summed E-state index contributed by atoms with van der Waals surface area (Å²) in [5.41, 5.74) is 2.28. The van der Waals surface area contributed by atoms with Gasteiger partial charge in [-0.25, -0.2) is 9.18 Å². The van der Waals surface area contributed by atoms with Crippen LogP contribution in [0.4, 0.5) is 4.39 Å². The normalized spacial score (nSPS) is 19.0. The SMILES string of the molecule is CC1NC=C(C(=O)O)c2[nH]c3ccccc3c2C1C(=O)c1ccc(F)cc1. The van der Waals surface area contributed by atoms with Crippen LogP contribution in [0.5, 0.6) is 0 Å². The highest BCUT2D eigenvalue weighted by Crippen LogP contribution is 2.38. The smallest absolute Gasteiger partial charge is 0.339 e. The number of aromatic nitrogens is 1. The zero-order chi connectivity index (χ0) is 19.1. The Balaban J connectivity index is 1.95. The molecule has 0 spiro atoms. The zero-order valence-electron chi connectivity index (χ0n) is 14.5. The molecule has 2 unspecified atom stereocenters. The third-order valence-electron chi connectivity index (χ3n) is 4.96. The minimum absolute atomic E-state index is 0.0717. The maximum absolute atomic E-state index is 13.3. The van der Waals surface area contributed by atoms with Gasteiger partial charge in [0.15, 0.2) is 5.78 Å². The van der Waals surface area contributed by atoms with Gasteiger partial charge in [-0.15, -0.1) is 0 Å². The number of aliphatic carboxylic acids is 1. The van der Waals surface area contributed by atoms with E-state index in [0.717, 1.165) is 10.9 Å². The predicted octanol–water partition coefficient (Wildman–Crippen LogP) is 3.69. The molecule has 5 nitrogen and oxygen atoms in total. The Bertz CT molecular complexity index is 1080. The number of ketones is 1. The molecule has 1 aromatic heterocycles. The lowest BCUT2D eigenvalue weighted by molar-refractivity contribution is -0.130. The monoisotopic (exact) mass is 364 g/mol. The van der Waals surface area contributed by atoms with E-state index in [0.29, 0.717) is 16.8 Å². The lowest BCUT2D eigenvalue weighted by Crippen LogP contribution is -2.32. The van der Waals surface area contributed by atoms with Crippen molar-refractivity contribution in [2.24, 2.45) is 0 Å². The molecule has 0 saturated carbocycles. The van der Waals surface area contributed by atoms with Crippen molar-refractivity contribution in [2.45, 2.75) is 18.9 Å². The van der Waals surface area contributed by atoms with E-state index in [4.69, 9.17) is 0 Å². The van der Waals surface area contributed by atoms with Crippen molar-refractivity contribution in [3.63, 3.8) is 0 Å². The molecule has 0 fully saturated rings. The first-order chi connectivity index (χ1) is 13.0. The highest BCUT2D eigenvalue weighted by molar-refractivity contribution is 6.18. The van der Waals surface area contributed by atoms with Crippen LogP contribution in [0.25, 0.3) is 16.5 Å². The average molecular weight is 364 g/mol. The number of H-pyrrole nitrogens is 1. The van der Waals surface area contributed by atoms with Crippen molar-refractivity contribution in [3.05, 3.63) is 77.4 Å². The number of hydrogen-bond acceptors (Lipinski definition) is 3. The van der Waals surface area contributed by atoms with E-state index in [1.807, 2.05) is 31.2 Å². The Hall–Kier alpha value is -3.41. The number of para-hydroxylation sites is 1. The number of nitrogens with one attached hydrogen (secondary N) is 2. The van der Waals surface area contributed by atoms with E-state index in [1.54, 1.807) is 0 Å². The quantitative estimate of drug-likeness (QED) is 0.619. The van der Waals surface area contributed by atoms with Crippen LogP contribution in [0.2, 0.25) is 0 Å². The minimum Gasteiger partial charge on any atom is -0.478 e. The second-order valence-electron chi connectivity index (χ2n) is 6.63. The number of aromatic amines is 1. The van der Waals surface area contributed by atoms with Crippen molar-refractivity contribution < 1.29 is 19.1 Å². The van der Waals surface area contributed by atoms with E-state index in [1.165, 1.54) is 30.5 Å². The van der Waals surface area contributed by atoms with Gasteiger partial charge in [0.2, 0.25) is 0 Å². The van der Waals surface area contributed by atoms with E-state index in [2.05, 4.69) is 10.3 Å². The first-order valence-corrected chi connectivity index (χ1v) is 8.57. The Morgan fingerprint density at radius 2 is 1.78 bits per heavy atom. The number of benzene rings is 2. The second kappa shape index (κ2) is 6.39. The molecule has 0 bridgehead atoms. The number of Topliss-reactive ketones (excluding diaryl/α,β-unsaturated/α-hetero) is 1. The van der Waals surface area contributed by atoms with Gasteiger partial charge in [0.05, 0.1) is 17.2 Å². The maximum Gasteiger partial charge on any atom is 0.339 e. The average Bonchev–Trinajstić information content (AvgIpc) is 2.94. The molecular weight excluding hydrogens is 347 g/mol. The van der Waals surface area contributed by atoms with Gasteiger partial charge in [-0.05, 0) is 42.8 Å². The highest BCUT2D eigenvalue weighted by atomic mass is 19.1. The van der Waals surface area contributed by atoms with Crippen LogP contribution in [0.15, 0.2) is 54.7 Å². The molecular formula is C21H17FN2O3. The fraction of sp³-hybridized carbons (Fsp3) is 0.143. The fourth-order valence-electron chi connectivity index (χ4n) is 3.65. The first kappa shape index (κ1) is 17.0. The largest absolute Gasteiger partial charge is 0.478 e. The van der Waals surface area contributed by atoms with Crippen LogP contribution in [-0.4, -0.2) is 27.9 Å². The lowest BCUT2D eigenvalue weighted by atomic mass is 9.83. The van der Waals surface area contributed by atoms with Crippen molar-refractivity contribution in [1.82, 2.24) is 10.3 Å². The first-order valence-electron chi connectivity index (χ1n) is 8.57. The number of carbonyl (C=O) groups excluding carboxylic acids is 1. The Morgan fingerprint density at radius 3 is 2.48 bits per heavy atom. The van der Waals surface area contributed by atoms with E-state index < -0.39 is 17.7 Å². The van der Waals surface area contributed by atoms with Crippen LogP contribution in [0.1, 0.15) is 34.5 Å². The number of carboxylic acid groups (broad SMARTS) is 1. The number of carboxylic acids is 1. The van der Waals surface area contributed by atoms with Crippen molar-refractivity contribution in [3.8, 4) is 0 Å². The van der Waals surface area contributed by atoms with E-state index in [-0.39, 0.29) is 17.4 Å². The molecule has 0 radical (unpaired) electrons. The Kier molecular flexibility index (Phi) is 4.03. The van der Waals surface area contributed by atoms with Gasteiger partial charge in [0, 0.05) is 28.7 Å². The third-order valence-corrected chi connectivity index (χ3v) is 4.96. The summed E-state index contributed by atoms with van der Waals surface area (Å²) in [6.45, 7) is 1.83. The maximum atomic E-state index is 13.3. The number of rotatable bonds is 3. The van der Waals surface area contributed by atoms with Gasteiger partial charge in [-0.3, -0.25) is 4.79 Å². The van der Waals surface area contributed by atoms with Crippen molar-refractivity contribution >= 4 is 28.2 Å². The highest BCUT2D eigenvalue weighted by Gasteiger charge is 2.36. The lowest BCUT2D eigenvalue weighted by Gasteiger charge is -2.22. The summed E-state index contributed by atoms with van der Waals surface area (Å²) in [6.07, 6.45) is 1.43. The molecule has 27 heavy (non-hydrogen) atoms. The molecule has 4 rings (SSSR count). The molecule has 2 aromatic carbocycles. The molecule has 2 atom stereocenters. The predicted molar refractivity (Wildman–Crippen MR) is 100.0 cm³/mol. The van der Waals surface area contributed by atoms with Gasteiger partial charge in [0.25, 0.3) is 0 Å². The molecule has 1 aliphatic rings. The zero-order valence-corrected chi connectivity index (χ0v) is 14.5.